The van der Waals surface area contributed by atoms with E-state index in [2.05, 4.69) is 71.6 Å². The van der Waals surface area contributed by atoms with Crippen LogP contribution in [0, 0.1) is 6.92 Å². The number of hydrogen-bond acceptors (Lipinski definition) is 7. The van der Waals surface area contributed by atoms with E-state index in [1.807, 2.05) is 55.8 Å². The molecule has 5 heterocycles. The average molecular weight is 477 g/mol. The summed E-state index contributed by atoms with van der Waals surface area (Å²) in [7, 11) is 2.17. The highest BCUT2D eigenvalue weighted by molar-refractivity contribution is 5.89. The third kappa shape index (κ3) is 4.50. The molecule has 0 radical (unpaired) electrons. The van der Waals surface area contributed by atoms with E-state index in [0.717, 1.165) is 82.5 Å². The van der Waals surface area contributed by atoms with E-state index in [0.29, 0.717) is 0 Å². The van der Waals surface area contributed by atoms with Crippen molar-refractivity contribution in [2.24, 2.45) is 0 Å². The molecule has 36 heavy (non-hydrogen) atoms. The van der Waals surface area contributed by atoms with Gasteiger partial charge in [-0.15, -0.1) is 0 Å². The molecule has 0 saturated carbocycles. The molecule has 1 aliphatic rings. The van der Waals surface area contributed by atoms with Crippen molar-refractivity contribution >= 4 is 28.1 Å². The molecular weight excluding hydrogens is 448 g/mol. The fourth-order valence-electron chi connectivity index (χ4n) is 4.61. The largest absolute Gasteiger partial charge is 0.368 e. The standard InChI is InChI=1S/C28H28N8/c1-19-4-3-5-26(32-19)28-24(18-31-34-28)20-6-8-25-21(14-20)15-22(16-29-25)33-27-9-7-23(17-30-27)36-12-10-35(2)11-13-36/h3-9,14-18H,10-13H2,1-2H3,(H,30,33)(H,31,34). The third-order valence-electron chi connectivity index (χ3n) is 6.65. The smallest absolute Gasteiger partial charge is 0.130 e. The number of pyridine rings is 3. The molecule has 5 aromatic rings. The first-order valence-electron chi connectivity index (χ1n) is 12.2. The maximum atomic E-state index is 4.65. The molecule has 2 N–H and O–H groups in total. The number of benzene rings is 1. The lowest BCUT2D eigenvalue weighted by atomic mass is 10.0. The first-order valence-corrected chi connectivity index (χ1v) is 12.2. The fraction of sp³-hybridized carbons (Fsp3) is 0.214. The van der Waals surface area contributed by atoms with Crippen LogP contribution in [0.1, 0.15) is 5.69 Å². The van der Waals surface area contributed by atoms with Crippen molar-refractivity contribution in [1.82, 2.24) is 30.0 Å². The lowest BCUT2D eigenvalue weighted by Crippen LogP contribution is -2.44. The number of H-pyrrole nitrogens is 1. The summed E-state index contributed by atoms with van der Waals surface area (Å²) in [6.07, 6.45) is 5.71. The Morgan fingerprint density at radius 3 is 2.61 bits per heavy atom. The van der Waals surface area contributed by atoms with Crippen molar-refractivity contribution in [3.63, 3.8) is 0 Å². The topological polar surface area (TPSA) is 85.9 Å². The summed E-state index contributed by atoms with van der Waals surface area (Å²) in [4.78, 5) is 18.7. The normalized spacial score (nSPS) is 14.3. The Morgan fingerprint density at radius 2 is 1.81 bits per heavy atom. The maximum absolute atomic E-state index is 4.65. The van der Waals surface area contributed by atoms with Crippen LogP contribution in [0.4, 0.5) is 17.2 Å². The van der Waals surface area contributed by atoms with E-state index in [4.69, 9.17) is 0 Å². The monoisotopic (exact) mass is 476 g/mol. The van der Waals surface area contributed by atoms with Gasteiger partial charge in [0.15, 0.2) is 0 Å². The molecule has 0 bridgehead atoms. The van der Waals surface area contributed by atoms with Gasteiger partial charge in [0, 0.05) is 49.0 Å². The van der Waals surface area contributed by atoms with E-state index in [1.54, 1.807) is 0 Å². The van der Waals surface area contributed by atoms with Crippen molar-refractivity contribution in [3.8, 4) is 22.5 Å². The first-order chi connectivity index (χ1) is 17.6. The van der Waals surface area contributed by atoms with Gasteiger partial charge in [0.2, 0.25) is 0 Å². The summed E-state index contributed by atoms with van der Waals surface area (Å²) in [5.74, 6) is 0.799. The molecule has 0 spiro atoms. The Kier molecular flexibility index (Phi) is 5.79. The Morgan fingerprint density at radius 1 is 0.917 bits per heavy atom. The number of piperazine rings is 1. The van der Waals surface area contributed by atoms with Crippen LogP contribution in [-0.2, 0) is 0 Å². The molecular formula is C28H28N8. The van der Waals surface area contributed by atoms with Crippen molar-refractivity contribution in [1.29, 1.82) is 0 Å². The lowest BCUT2D eigenvalue weighted by molar-refractivity contribution is 0.313. The number of aromatic nitrogens is 5. The number of anilines is 3. The van der Waals surface area contributed by atoms with Crippen molar-refractivity contribution in [2.75, 3.05) is 43.4 Å². The second kappa shape index (κ2) is 9.39. The summed E-state index contributed by atoms with van der Waals surface area (Å²) in [6.45, 7) is 6.19. The summed E-state index contributed by atoms with van der Waals surface area (Å²) in [6, 6.07) is 18.5. The van der Waals surface area contributed by atoms with Gasteiger partial charge in [-0.3, -0.25) is 15.1 Å². The number of hydrogen-bond donors (Lipinski definition) is 2. The number of likely N-dealkylation sites (N-methyl/N-ethyl adjacent to an activating group) is 1. The summed E-state index contributed by atoms with van der Waals surface area (Å²) in [5.41, 5.74) is 7.71. The van der Waals surface area contributed by atoms with Crippen molar-refractivity contribution in [3.05, 3.63) is 78.9 Å². The molecule has 1 saturated heterocycles. The zero-order valence-electron chi connectivity index (χ0n) is 20.4. The second-order valence-corrected chi connectivity index (χ2v) is 9.26. The highest BCUT2D eigenvalue weighted by Crippen LogP contribution is 2.32. The number of fused-ring (bicyclic) bond motifs is 1. The SMILES string of the molecule is Cc1cccc(-c2n[nH]cc2-c2ccc3ncc(Nc4ccc(N5CCN(C)CC5)cn4)cc3c2)n1. The third-order valence-corrected chi connectivity index (χ3v) is 6.65. The molecule has 8 nitrogen and oxygen atoms in total. The van der Waals surface area contributed by atoms with Crippen LogP contribution in [0.3, 0.4) is 0 Å². The molecule has 1 aliphatic heterocycles. The number of aryl methyl sites for hydroxylation is 1. The summed E-state index contributed by atoms with van der Waals surface area (Å²) >= 11 is 0. The van der Waals surface area contributed by atoms with Crippen LogP contribution in [0.2, 0.25) is 0 Å². The highest BCUT2D eigenvalue weighted by Gasteiger charge is 2.15. The molecule has 1 fully saturated rings. The van der Waals surface area contributed by atoms with E-state index in [-0.39, 0.29) is 0 Å². The molecule has 6 rings (SSSR count). The van der Waals surface area contributed by atoms with Gasteiger partial charge in [0.05, 0.1) is 35.0 Å². The van der Waals surface area contributed by atoms with Gasteiger partial charge in [-0.1, -0.05) is 12.1 Å². The number of nitrogens with zero attached hydrogens (tertiary/aromatic N) is 6. The van der Waals surface area contributed by atoms with Gasteiger partial charge >= 0.3 is 0 Å². The first kappa shape index (κ1) is 22.2. The zero-order chi connectivity index (χ0) is 24.5. The minimum absolute atomic E-state index is 0.799. The van der Waals surface area contributed by atoms with E-state index in [9.17, 15) is 0 Å². The zero-order valence-corrected chi connectivity index (χ0v) is 20.4. The molecule has 180 valence electrons. The van der Waals surface area contributed by atoms with Crippen LogP contribution in [-0.4, -0.2) is 63.3 Å². The summed E-state index contributed by atoms with van der Waals surface area (Å²) in [5, 5.41) is 11.9. The predicted octanol–water partition coefficient (Wildman–Crippen LogP) is 4.89. The van der Waals surface area contributed by atoms with Crippen molar-refractivity contribution < 1.29 is 0 Å². The van der Waals surface area contributed by atoms with Crippen LogP contribution in [0.25, 0.3) is 33.4 Å². The van der Waals surface area contributed by atoms with Crippen LogP contribution in [0.15, 0.2) is 73.2 Å². The fourth-order valence-corrected chi connectivity index (χ4v) is 4.61. The Labute approximate surface area is 210 Å². The molecule has 0 aliphatic carbocycles. The Hall–Kier alpha value is -4.30. The highest BCUT2D eigenvalue weighted by atomic mass is 15.2. The Bertz CT molecular complexity index is 1500. The molecule has 0 unspecified atom stereocenters. The quantitative estimate of drug-likeness (QED) is 0.374. The number of nitrogens with one attached hydrogen (secondary N) is 2. The molecule has 0 amide bonds. The minimum atomic E-state index is 0.799. The van der Waals surface area contributed by atoms with E-state index in [1.165, 1.54) is 0 Å². The van der Waals surface area contributed by atoms with Crippen LogP contribution in [0.5, 0.6) is 0 Å². The van der Waals surface area contributed by atoms with Gasteiger partial charge < -0.3 is 15.1 Å². The predicted molar refractivity (Wildman–Crippen MR) is 145 cm³/mol. The van der Waals surface area contributed by atoms with Gasteiger partial charge in [-0.05, 0) is 62.0 Å². The van der Waals surface area contributed by atoms with Gasteiger partial charge in [-0.2, -0.15) is 5.10 Å². The molecule has 8 heteroatoms. The van der Waals surface area contributed by atoms with Crippen molar-refractivity contribution in [2.45, 2.75) is 6.92 Å². The molecule has 0 atom stereocenters. The number of rotatable bonds is 5. The summed E-state index contributed by atoms with van der Waals surface area (Å²) < 4.78 is 0. The molecule has 4 aromatic heterocycles. The van der Waals surface area contributed by atoms with E-state index < -0.39 is 0 Å². The van der Waals surface area contributed by atoms with Crippen LogP contribution >= 0.6 is 0 Å². The lowest BCUT2D eigenvalue weighted by Gasteiger charge is -2.33. The minimum Gasteiger partial charge on any atom is -0.368 e. The van der Waals surface area contributed by atoms with Gasteiger partial charge in [0.25, 0.3) is 0 Å². The number of aromatic amines is 1. The Balaban J connectivity index is 1.24. The van der Waals surface area contributed by atoms with Gasteiger partial charge in [-0.25, -0.2) is 4.98 Å². The van der Waals surface area contributed by atoms with E-state index >= 15 is 0 Å². The average Bonchev–Trinajstić information content (AvgIpc) is 3.40. The molecule has 1 aromatic carbocycles. The van der Waals surface area contributed by atoms with Crippen LogP contribution < -0.4 is 10.2 Å². The van der Waals surface area contributed by atoms with Gasteiger partial charge in [0.1, 0.15) is 11.5 Å². The maximum Gasteiger partial charge on any atom is 0.130 e. The second-order valence-electron chi connectivity index (χ2n) is 9.26.